The van der Waals surface area contributed by atoms with E-state index in [1.54, 1.807) is 27.7 Å². The van der Waals surface area contributed by atoms with Crippen LogP contribution in [0.2, 0.25) is 0 Å². The predicted molar refractivity (Wildman–Crippen MR) is 201 cm³/mol. The first kappa shape index (κ1) is 42.1. The Labute approximate surface area is 318 Å². The third kappa shape index (κ3) is 14.0. The standard InChI is InChI=1S/C42H54N2O10/c1-6-50-40(47)33(44-41(48)54-42(3,4)5)23-16-24-34(46)37-36(43-29(2)45)39(52-27-32-21-14-9-15-22-32)38(51-26-31-19-12-8-13-20-31)35(53-37)28-49-25-30-17-10-7-11-18-30/h7-15,17-22,33,35-39H,6,16,23-28H2,1-5H3,(H,43,45)(H,44,48)/t33-,35-,36+,37-,38-,39-/m1/s1. The van der Waals surface area contributed by atoms with E-state index in [4.69, 9.17) is 28.4 Å². The first-order chi connectivity index (χ1) is 25.9. The van der Waals surface area contributed by atoms with Crippen LogP contribution in [0.1, 0.15) is 70.6 Å². The van der Waals surface area contributed by atoms with Crippen molar-refractivity contribution in [1.29, 1.82) is 0 Å². The molecule has 54 heavy (non-hydrogen) atoms. The Morgan fingerprint density at radius 3 is 1.83 bits per heavy atom. The van der Waals surface area contributed by atoms with Crippen molar-refractivity contribution >= 4 is 23.8 Å². The minimum Gasteiger partial charge on any atom is -0.464 e. The highest BCUT2D eigenvalue weighted by molar-refractivity contribution is 5.86. The molecule has 0 aliphatic carbocycles. The van der Waals surface area contributed by atoms with Crippen LogP contribution in [0.25, 0.3) is 0 Å². The van der Waals surface area contributed by atoms with Crippen LogP contribution >= 0.6 is 0 Å². The molecule has 12 nitrogen and oxygen atoms in total. The fourth-order valence-corrected chi connectivity index (χ4v) is 6.11. The summed E-state index contributed by atoms with van der Waals surface area (Å²) in [7, 11) is 0. The van der Waals surface area contributed by atoms with Gasteiger partial charge in [-0.1, -0.05) is 91.0 Å². The zero-order chi connectivity index (χ0) is 38.9. The number of rotatable bonds is 19. The highest BCUT2D eigenvalue weighted by Gasteiger charge is 2.50. The van der Waals surface area contributed by atoms with Crippen LogP contribution in [0.3, 0.4) is 0 Å². The van der Waals surface area contributed by atoms with Crippen LogP contribution in [0.5, 0.6) is 0 Å². The van der Waals surface area contributed by atoms with Gasteiger partial charge in [-0.25, -0.2) is 9.59 Å². The Morgan fingerprint density at radius 2 is 1.31 bits per heavy atom. The highest BCUT2D eigenvalue weighted by Crippen LogP contribution is 2.30. The number of ether oxygens (including phenoxy) is 6. The molecule has 0 spiro atoms. The van der Waals surface area contributed by atoms with Crippen molar-refractivity contribution < 1.29 is 47.6 Å². The van der Waals surface area contributed by atoms with E-state index in [-0.39, 0.29) is 57.4 Å². The summed E-state index contributed by atoms with van der Waals surface area (Å²) in [5.41, 5.74) is 2.01. The second kappa shape index (κ2) is 21.3. The molecule has 0 aromatic heterocycles. The SMILES string of the molecule is CCOC(=O)[C@@H](CCCC(=O)[C@H]1O[C@H](COCc2ccccc2)[C@@H](OCc2ccccc2)[C@H](OCc2ccccc2)[C@H]1NC(C)=O)NC(=O)OC(C)(C)C. The first-order valence-electron chi connectivity index (χ1n) is 18.5. The Kier molecular flexibility index (Phi) is 16.6. The molecule has 1 saturated heterocycles. The number of alkyl carbamates (subject to hydrolysis) is 1. The van der Waals surface area contributed by atoms with Gasteiger partial charge in [0.05, 0.1) is 39.1 Å². The smallest absolute Gasteiger partial charge is 0.408 e. The summed E-state index contributed by atoms with van der Waals surface area (Å²) in [6.07, 6.45) is -4.00. The number of nitrogens with one attached hydrogen (secondary N) is 2. The maximum Gasteiger partial charge on any atom is 0.408 e. The van der Waals surface area contributed by atoms with Crippen molar-refractivity contribution in [2.75, 3.05) is 13.2 Å². The van der Waals surface area contributed by atoms with Gasteiger partial charge in [0.15, 0.2) is 5.78 Å². The van der Waals surface area contributed by atoms with Crippen molar-refractivity contribution in [2.45, 2.75) is 116 Å². The summed E-state index contributed by atoms with van der Waals surface area (Å²) >= 11 is 0. The van der Waals surface area contributed by atoms with E-state index in [1.807, 2.05) is 91.0 Å². The van der Waals surface area contributed by atoms with E-state index in [1.165, 1.54) is 6.92 Å². The fourth-order valence-electron chi connectivity index (χ4n) is 6.11. The fraction of sp³-hybridized carbons (Fsp3) is 0.476. The lowest BCUT2D eigenvalue weighted by Gasteiger charge is -2.46. The van der Waals surface area contributed by atoms with E-state index in [0.29, 0.717) is 6.61 Å². The number of carbonyl (C=O) groups is 4. The Bertz CT molecular complexity index is 1600. The van der Waals surface area contributed by atoms with Crippen LogP contribution in [0, 0.1) is 0 Å². The van der Waals surface area contributed by atoms with Crippen molar-refractivity contribution in [3.05, 3.63) is 108 Å². The summed E-state index contributed by atoms with van der Waals surface area (Å²) in [6, 6.07) is 27.0. The summed E-state index contributed by atoms with van der Waals surface area (Å²) in [4.78, 5) is 52.2. The molecule has 2 amide bonds. The number of amides is 2. The normalized spacial score (nSPS) is 20.4. The number of hydrogen-bond donors (Lipinski definition) is 2. The predicted octanol–water partition coefficient (Wildman–Crippen LogP) is 5.84. The zero-order valence-corrected chi connectivity index (χ0v) is 31.9. The minimum absolute atomic E-state index is 0.0365. The number of ketones is 1. The number of benzene rings is 3. The number of carbonyl (C=O) groups excluding carboxylic acids is 4. The maximum absolute atomic E-state index is 14.2. The van der Waals surface area contributed by atoms with Gasteiger partial charge in [0.25, 0.3) is 0 Å². The van der Waals surface area contributed by atoms with E-state index in [9.17, 15) is 19.2 Å². The molecule has 1 aliphatic heterocycles. The summed E-state index contributed by atoms with van der Waals surface area (Å²) in [5, 5.41) is 5.51. The van der Waals surface area contributed by atoms with E-state index >= 15 is 0 Å². The molecule has 1 heterocycles. The van der Waals surface area contributed by atoms with Gasteiger partial charge in [-0.3, -0.25) is 9.59 Å². The quantitative estimate of drug-likeness (QED) is 0.143. The van der Waals surface area contributed by atoms with Crippen molar-refractivity contribution in [2.24, 2.45) is 0 Å². The van der Waals surface area contributed by atoms with Gasteiger partial charge in [-0.2, -0.15) is 0 Å². The molecule has 1 fully saturated rings. The second-order valence-corrected chi connectivity index (χ2v) is 14.2. The van der Waals surface area contributed by atoms with Crippen molar-refractivity contribution in [3.8, 4) is 0 Å². The highest BCUT2D eigenvalue weighted by atomic mass is 16.6. The van der Waals surface area contributed by atoms with Gasteiger partial charge in [-0.05, 0) is 57.2 Å². The van der Waals surface area contributed by atoms with Gasteiger partial charge in [0.1, 0.15) is 36.1 Å². The maximum atomic E-state index is 14.2. The van der Waals surface area contributed by atoms with Gasteiger partial charge in [-0.15, -0.1) is 0 Å². The molecule has 2 N–H and O–H groups in total. The lowest BCUT2D eigenvalue weighted by Crippen LogP contribution is -2.67. The molecule has 0 radical (unpaired) electrons. The van der Waals surface area contributed by atoms with Crippen LogP contribution in [-0.2, 0) is 62.6 Å². The average molecular weight is 747 g/mol. The molecule has 3 aromatic carbocycles. The lowest BCUT2D eigenvalue weighted by molar-refractivity contribution is -0.230. The summed E-state index contributed by atoms with van der Waals surface area (Å²) < 4.78 is 36.4. The Balaban J connectivity index is 1.59. The topological polar surface area (TPSA) is 148 Å². The van der Waals surface area contributed by atoms with E-state index in [0.717, 1.165) is 16.7 Å². The van der Waals surface area contributed by atoms with Crippen molar-refractivity contribution in [3.63, 3.8) is 0 Å². The largest absolute Gasteiger partial charge is 0.464 e. The monoisotopic (exact) mass is 746 g/mol. The molecule has 1 aliphatic rings. The molecule has 0 bridgehead atoms. The van der Waals surface area contributed by atoms with Gasteiger partial charge >= 0.3 is 12.1 Å². The Hall–Kier alpha value is -4.62. The summed E-state index contributed by atoms with van der Waals surface area (Å²) in [5.74, 6) is -1.33. The molecular weight excluding hydrogens is 692 g/mol. The lowest BCUT2D eigenvalue weighted by atomic mass is 9.88. The minimum atomic E-state index is -1.14. The van der Waals surface area contributed by atoms with Crippen LogP contribution in [0.4, 0.5) is 4.79 Å². The molecular formula is C42H54N2O10. The Morgan fingerprint density at radius 1 is 0.778 bits per heavy atom. The zero-order valence-electron chi connectivity index (χ0n) is 31.9. The number of esters is 1. The van der Waals surface area contributed by atoms with Crippen molar-refractivity contribution in [1.82, 2.24) is 10.6 Å². The molecule has 292 valence electrons. The van der Waals surface area contributed by atoms with E-state index < -0.39 is 54.2 Å². The third-order valence-electron chi connectivity index (χ3n) is 8.52. The second-order valence-electron chi connectivity index (χ2n) is 14.2. The van der Waals surface area contributed by atoms with Gasteiger partial charge in [0, 0.05) is 13.3 Å². The molecule has 4 rings (SSSR count). The van der Waals surface area contributed by atoms with Crippen LogP contribution in [0.15, 0.2) is 91.0 Å². The number of Topliss-reactive ketones (excluding diaryl/α,β-unsaturated/α-hetero) is 1. The molecule has 6 atom stereocenters. The van der Waals surface area contributed by atoms with Crippen LogP contribution < -0.4 is 10.6 Å². The third-order valence-corrected chi connectivity index (χ3v) is 8.52. The molecule has 0 unspecified atom stereocenters. The number of hydrogen-bond acceptors (Lipinski definition) is 10. The van der Waals surface area contributed by atoms with Gasteiger partial charge in [0.2, 0.25) is 5.91 Å². The molecule has 12 heteroatoms. The van der Waals surface area contributed by atoms with Crippen LogP contribution in [-0.4, -0.2) is 79.1 Å². The van der Waals surface area contributed by atoms with Gasteiger partial charge < -0.3 is 39.1 Å². The molecule has 0 saturated carbocycles. The first-order valence-corrected chi connectivity index (χ1v) is 18.5. The summed E-state index contributed by atoms with van der Waals surface area (Å²) in [6.45, 7) is 9.08. The molecule has 3 aromatic rings. The average Bonchev–Trinajstić information content (AvgIpc) is 3.14. The van der Waals surface area contributed by atoms with E-state index in [2.05, 4.69) is 10.6 Å².